The third kappa shape index (κ3) is 5.19. The molecule has 6 nitrogen and oxygen atoms in total. The zero-order valence-electron chi connectivity index (χ0n) is 14.9. The van der Waals surface area contributed by atoms with Gasteiger partial charge in [0, 0.05) is 19.2 Å². The molecule has 0 aliphatic heterocycles. The minimum atomic E-state index is -0.512. The Morgan fingerprint density at radius 1 is 1.16 bits per heavy atom. The quantitative estimate of drug-likeness (QED) is 0.347. The van der Waals surface area contributed by atoms with Crippen molar-refractivity contribution in [3.05, 3.63) is 63.7 Å². The Kier molecular flexibility index (Phi) is 5.98. The van der Waals surface area contributed by atoms with E-state index in [2.05, 4.69) is 50.4 Å². The molecule has 6 heteroatoms. The average Bonchev–Trinajstić information content (AvgIpc) is 2.55. The van der Waals surface area contributed by atoms with Crippen LogP contribution in [0, 0.1) is 10.1 Å². The maximum Gasteiger partial charge on any atom is 0.295 e. The first-order valence-electron chi connectivity index (χ1n) is 8.25. The SMILES string of the molecule is CC(C)(C)c1ccc(CNCCOc2cccc([N+](=O)[O-])c2N)cc1. The number of nitrogen functional groups attached to an aromatic ring is 1. The van der Waals surface area contributed by atoms with Crippen molar-refractivity contribution >= 4 is 11.4 Å². The molecule has 0 amide bonds. The van der Waals surface area contributed by atoms with Crippen LogP contribution in [-0.4, -0.2) is 18.1 Å². The smallest absolute Gasteiger partial charge is 0.295 e. The number of anilines is 1. The molecule has 0 saturated carbocycles. The van der Waals surface area contributed by atoms with Gasteiger partial charge in [-0.2, -0.15) is 0 Å². The summed E-state index contributed by atoms with van der Waals surface area (Å²) in [5, 5.41) is 14.1. The maximum absolute atomic E-state index is 10.9. The number of hydrogen-bond acceptors (Lipinski definition) is 5. The van der Waals surface area contributed by atoms with Crippen molar-refractivity contribution < 1.29 is 9.66 Å². The van der Waals surface area contributed by atoms with Gasteiger partial charge in [0.2, 0.25) is 0 Å². The molecule has 2 aromatic carbocycles. The number of nitrogens with zero attached hydrogens (tertiary/aromatic N) is 1. The maximum atomic E-state index is 10.9. The summed E-state index contributed by atoms with van der Waals surface area (Å²) in [5.41, 5.74) is 8.33. The largest absolute Gasteiger partial charge is 0.490 e. The standard InChI is InChI=1S/C19H25N3O3/c1-19(2,3)15-9-7-14(8-10-15)13-21-11-12-25-17-6-4-5-16(18(17)20)22(23)24/h4-10,21H,11-13,20H2,1-3H3. The summed E-state index contributed by atoms with van der Waals surface area (Å²) in [6.45, 7) is 8.30. The summed E-state index contributed by atoms with van der Waals surface area (Å²) in [6.07, 6.45) is 0. The van der Waals surface area contributed by atoms with Crippen LogP contribution >= 0.6 is 0 Å². The molecule has 0 spiro atoms. The third-order valence-electron chi connectivity index (χ3n) is 3.93. The zero-order chi connectivity index (χ0) is 18.4. The Hall–Kier alpha value is -2.60. The Morgan fingerprint density at radius 3 is 2.44 bits per heavy atom. The molecule has 0 aliphatic rings. The summed E-state index contributed by atoms with van der Waals surface area (Å²) in [4.78, 5) is 10.3. The molecule has 0 radical (unpaired) electrons. The highest BCUT2D eigenvalue weighted by molar-refractivity contribution is 5.66. The number of nitro groups is 1. The molecule has 2 rings (SSSR count). The lowest BCUT2D eigenvalue weighted by molar-refractivity contribution is -0.384. The Bertz CT molecular complexity index is 722. The second kappa shape index (κ2) is 7.98. The van der Waals surface area contributed by atoms with Gasteiger partial charge < -0.3 is 15.8 Å². The van der Waals surface area contributed by atoms with Crippen molar-refractivity contribution in [2.45, 2.75) is 32.7 Å². The minimum Gasteiger partial charge on any atom is -0.490 e. The first-order valence-corrected chi connectivity index (χ1v) is 8.25. The van der Waals surface area contributed by atoms with E-state index in [1.165, 1.54) is 17.2 Å². The van der Waals surface area contributed by atoms with Gasteiger partial charge in [-0.3, -0.25) is 10.1 Å². The fourth-order valence-electron chi connectivity index (χ4n) is 2.41. The fourth-order valence-corrected chi connectivity index (χ4v) is 2.41. The van der Waals surface area contributed by atoms with E-state index in [1.807, 2.05) is 0 Å². The fraction of sp³-hybridized carbons (Fsp3) is 0.368. The van der Waals surface area contributed by atoms with Gasteiger partial charge >= 0.3 is 0 Å². The molecule has 0 saturated heterocycles. The van der Waals surface area contributed by atoms with Gasteiger partial charge in [0.25, 0.3) is 5.69 Å². The van der Waals surface area contributed by atoms with Crippen LogP contribution in [0.4, 0.5) is 11.4 Å². The van der Waals surface area contributed by atoms with Gasteiger partial charge in [-0.05, 0) is 22.6 Å². The van der Waals surface area contributed by atoms with E-state index in [0.29, 0.717) is 18.9 Å². The topological polar surface area (TPSA) is 90.4 Å². The van der Waals surface area contributed by atoms with Crippen molar-refractivity contribution in [1.82, 2.24) is 5.32 Å². The van der Waals surface area contributed by atoms with E-state index >= 15 is 0 Å². The summed E-state index contributed by atoms with van der Waals surface area (Å²) >= 11 is 0. The second-order valence-corrected chi connectivity index (χ2v) is 6.92. The van der Waals surface area contributed by atoms with Crippen molar-refractivity contribution in [3.63, 3.8) is 0 Å². The molecule has 2 aromatic rings. The van der Waals surface area contributed by atoms with Gasteiger partial charge in [-0.15, -0.1) is 0 Å². The van der Waals surface area contributed by atoms with Crippen LogP contribution in [0.2, 0.25) is 0 Å². The third-order valence-corrected chi connectivity index (χ3v) is 3.93. The number of nitro benzene ring substituents is 1. The van der Waals surface area contributed by atoms with E-state index in [9.17, 15) is 10.1 Å². The molecule has 0 heterocycles. The normalized spacial score (nSPS) is 11.3. The molecule has 0 unspecified atom stereocenters. The monoisotopic (exact) mass is 343 g/mol. The van der Waals surface area contributed by atoms with Crippen LogP contribution in [-0.2, 0) is 12.0 Å². The van der Waals surface area contributed by atoms with Gasteiger partial charge in [-0.1, -0.05) is 51.1 Å². The Balaban J connectivity index is 1.79. The van der Waals surface area contributed by atoms with Crippen LogP contribution in [0.3, 0.4) is 0 Å². The number of benzene rings is 2. The van der Waals surface area contributed by atoms with Gasteiger partial charge in [0.1, 0.15) is 12.4 Å². The predicted molar refractivity (Wildman–Crippen MR) is 99.9 cm³/mol. The van der Waals surface area contributed by atoms with Crippen molar-refractivity contribution in [2.24, 2.45) is 0 Å². The van der Waals surface area contributed by atoms with Crippen molar-refractivity contribution in [2.75, 3.05) is 18.9 Å². The van der Waals surface area contributed by atoms with E-state index in [1.54, 1.807) is 12.1 Å². The van der Waals surface area contributed by atoms with Gasteiger partial charge in [0.05, 0.1) is 4.92 Å². The summed E-state index contributed by atoms with van der Waals surface area (Å²) < 4.78 is 5.54. The van der Waals surface area contributed by atoms with E-state index in [0.717, 1.165) is 6.54 Å². The Labute approximate surface area is 148 Å². The molecule has 0 aromatic heterocycles. The molecule has 0 fully saturated rings. The van der Waals surface area contributed by atoms with Crippen molar-refractivity contribution in [3.8, 4) is 5.75 Å². The molecule has 3 N–H and O–H groups in total. The lowest BCUT2D eigenvalue weighted by Crippen LogP contribution is -2.21. The number of nitrogens with one attached hydrogen (secondary N) is 1. The minimum absolute atomic E-state index is 0.0604. The van der Waals surface area contributed by atoms with E-state index in [-0.39, 0.29) is 16.8 Å². The lowest BCUT2D eigenvalue weighted by Gasteiger charge is -2.19. The van der Waals surface area contributed by atoms with E-state index < -0.39 is 4.92 Å². The van der Waals surface area contributed by atoms with Crippen LogP contribution in [0.5, 0.6) is 5.75 Å². The summed E-state index contributed by atoms with van der Waals surface area (Å²) in [6, 6.07) is 13.1. The van der Waals surface area contributed by atoms with Crippen LogP contribution in [0.15, 0.2) is 42.5 Å². The number of hydrogen-bond donors (Lipinski definition) is 2. The molecular formula is C19H25N3O3. The molecule has 0 aliphatic carbocycles. The highest BCUT2D eigenvalue weighted by atomic mass is 16.6. The number of ether oxygens (including phenoxy) is 1. The van der Waals surface area contributed by atoms with Gasteiger partial charge in [0.15, 0.2) is 5.69 Å². The number of nitrogens with two attached hydrogens (primary N) is 1. The highest BCUT2D eigenvalue weighted by Gasteiger charge is 2.15. The van der Waals surface area contributed by atoms with Crippen LogP contribution in [0.1, 0.15) is 31.9 Å². The first kappa shape index (κ1) is 18.7. The molecule has 25 heavy (non-hydrogen) atoms. The summed E-state index contributed by atoms with van der Waals surface area (Å²) in [7, 11) is 0. The predicted octanol–water partition coefficient (Wildman–Crippen LogP) is 3.64. The van der Waals surface area contributed by atoms with Crippen molar-refractivity contribution in [1.29, 1.82) is 0 Å². The lowest BCUT2D eigenvalue weighted by atomic mass is 9.87. The number of rotatable bonds is 7. The second-order valence-electron chi connectivity index (χ2n) is 6.92. The highest BCUT2D eigenvalue weighted by Crippen LogP contribution is 2.30. The number of para-hydroxylation sites is 1. The van der Waals surface area contributed by atoms with Crippen LogP contribution in [0.25, 0.3) is 0 Å². The van der Waals surface area contributed by atoms with E-state index in [4.69, 9.17) is 10.5 Å². The summed E-state index contributed by atoms with van der Waals surface area (Å²) in [5.74, 6) is 0.338. The molecular weight excluding hydrogens is 318 g/mol. The molecule has 0 bridgehead atoms. The molecule has 134 valence electrons. The van der Waals surface area contributed by atoms with Gasteiger partial charge in [-0.25, -0.2) is 0 Å². The Morgan fingerprint density at radius 2 is 1.84 bits per heavy atom. The molecule has 0 atom stereocenters. The van der Waals surface area contributed by atoms with Crippen LogP contribution < -0.4 is 15.8 Å². The first-order chi connectivity index (χ1) is 11.8. The average molecular weight is 343 g/mol. The zero-order valence-corrected chi connectivity index (χ0v) is 14.9.